The van der Waals surface area contributed by atoms with Crippen LogP contribution in [0, 0.1) is 5.92 Å². The van der Waals surface area contributed by atoms with Gasteiger partial charge in [0.15, 0.2) is 0 Å². The zero-order valence-corrected chi connectivity index (χ0v) is 22.4. The molecule has 4 aromatic carbocycles. The summed E-state index contributed by atoms with van der Waals surface area (Å²) in [5, 5.41) is 6.07. The molecule has 4 aromatic rings. The van der Waals surface area contributed by atoms with Gasteiger partial charge in [-0.3, -0.25) is 0 Å². The van der Waals surface area contributed by atoms with E-state index < -0.39 is 6.83 Å². The van der Waals surface area contributed by atoms with E-state index in [9.17, 15) is 0 Å². The maximum absolute atomic E-state index is 7.93. The third-order valence-corrected chi connectivity index (χ3v) is 14.9. The average Bonchev–Trinajstić information content (AvgIpc) is 3.55. The molecule has 0 N–H and O–H groups in total. The Morgan fingerprint density at radius 2 is 1.19 bits per heavy atom. The topological polar surface area (TPSA) is 9.23 Å². The van der Waals surface area contributed by atoms with Crippen LogP contribution in [0.2, 0.25) is 5.02 Å². The zero-order valence-electron chi connectivity index (χ0n) is 20.8. The summed E-state index contributed by atoms with van der Waals surface area (Å²) in [7, 11) is 0. The van der Waals surface area contributed by atoms with Crippen molar-refractivity contribution < 1.29 is 4.52 Å². The van der Waals surface area contributed by atoms with Crippen LogP contribution >= 0.6 is 18.4 Å². The van der Waals surface area contributed by atoms with Gasteiger partial charge in [-0.2, -0.15) is 0 Å². The van der Waals surface area contributed by atoms with Crippen LogP contribution in [0.4, 0.5) is 0 Å². The molecule has 1 fully saturated rings. The van der Waals surface area contributed by atoms with E-state index >= 15 is 0 Å². The van der Waals surface area contributed by atoms with Gasteiger partial charge in [-0.05, 0) is 0 Å². The molecule has 3 aliphatic rings. The van der Waals surface area contributed by atoms with Crippen LogP contribution in [0.3, 0.4) is 0 Å². The van der Waals surface area contributed by atoms with Crippen molar-refractivity contribution in [1.29, 1.82) is 0 Å². The molecule has 37 heavy (non-hydrogen) atoms. The molecule has 3 heteroatoms. The van der Waals surface area contributed by atoms with Crippen molar-refractivity contribution in [3.05, 3.63) is 148 Å². The van der Waals surface area contributed by atoms with Crippen molar-refractivity contribution in [3.8, 4) is 0 Å². The van der Waals surface area contributed by atoms with Gasteiger partial charge >= 0.3 is 225 Å². The van der Waals surface area contributed by atoms with Gasteiger partial charge in [-0.1, -0.05) is 0 Å². The van der Waals surface area contributed by atoms with Gasteiger partial charge in [0.05, 0.1) is 0 Å². The van der Waals surface area contributed by atoms with Gasteiger partial charge in [0, 0.05) is 0 Å². The molecule has 0 radical (unpaired) electrons. The van der Waals surface area contributed by atoms with E-state index in [4.69, 9.17) is 16.1 Å². The van der Waals surface area contributed by atoms with Crippen LogP contribution in [-0.2, 0) is 4.52 Å². The molecule has 1 heterocycles. The standard InChI is InChI=1S/C34H30ClOP/c35-28-21-19-25(20-22-28)34-32-23-26-11-10-12-27(26)24-33(32)37(36-34,29-13-4-1-5-14-29,30-15-6-2-7-16-30)31-17-8-3-9-18-31/h1-9,13-22,24,32,34H,10-12,23H2. The third-order valence-electron chi connectivity index (χ3n) is 8.67. The Labute approximate surface area is 224 Å². The summed E-state index contributed by atoms with van der Waals surface area (Å²) in [6.45, 7) is -3.53. The van der Waals surface area contributed by atoms with E-state index in [0.717, 1.165) is 11.4 Å². The molecule has 0 bridgehead atoms. The van der Waals surface area contributed by atoms with E-state index in [2.05, 4.69) is 109 Å². The Morgan fingerprint density at radius 1 is 0.649 bits per heavy atom. The molecular weight excluding hydrogens is 491 g/mol. The Hall–Kier alpha value is -2.96. The van der Waals surface area contributed by atoms with Crippen molar-refractivity contribution in [3.63, 3.8) is 0 Å². The predicted molar refractivity (Wildman–Crippen MR) is 157 cm³/mol. The SMILES string of the molecule is Clc1ccc(C2OP(c3ccccc3)(c3ccccc3)(c3ccccc3)C3=CC4=C(CCC4)CC32)cc1. The summed E-state index contributed by atoms with van der Waals surface area (Å²) < 4.78 is 7.93. The van der Waals surface area contributed by atoms with Gasteiger partial charge in [0.2, 0.25) is 0 Å². The van der Waals surface area contributed by atoms with Crippen molar-refractivity contribution >= 4 is 34.3 Å². The monoisotopic (exact) mass is 520 g/mol. The minimum atomic E-state index is -3.53. The summed E-state index contributed by atoms with van der Waals surface area (Å²) in [5.74, 6) is 0.274. The third kappa shape index (κ3) is 3.25. The second kappa shape index (κ2) is 8.81. The average molecular weight is 521 g/mol. The molecule has 2 unspecified atom stereocenters. The van der Waals surface area contributed by atoms with E-state index in [1.807, 2.05) is 12.1 Å². The van der Waals surface area contributed by atoms with Crippen LogP contribution in [0.1, 0.15) is 37.4 Å². The summed E-state index contributed by atoms with van der Waals surface area (Å²) in [6, 6.07) is 41.6. The van der Waals surface area contributed by atoms with Crippen molar-refractivity contribution in [2.24, 2.45) is 5.92 Å². The Morgan fingerprint density at radius 3 is 1.73 bits per heavy atom. The summed E-state index contributed by atoms with van der Waals surface area (Å²) in [6.07, 6.45) is 7.22. The second-order valence-corrected chi connectivity index (χ2v) is 15.3. The molecule has 184 valence electrons. The van der Waals surface area contributed by atoms with Gasteiger partial charge in [0.1, 0.15) is 0 Å². The molecule has 0 amide bonds. The summed E-state index contributed by atoms with van der Waals surface area (Å²) in [4.78, 5) is 0. The summed E-state index contributed by atoms with van der Waals surface area (Å²) in [5.41, 5.74) is 4.38. The molecular formula is C34H30ClOP. The molecule has 1 saturated heterocycles. The zero-order chi connectivity index (χ0) is 24.9. The molecule has 0 aromatic heterocycles. The maximum atomic E-state index is 7.93. The Bertz CT molecular complexity index is 1410. The van der Waals surface area contributed by atoms with Crippen LogP contribution in [0.5, 0.6) is 0 Å². The fourth-order valence-corrected chi connectivity index (χ4v) is 13.7. The first kappa shape index (κ1) is 23.2. The van der Waals surface area contributed by atoms with E-state index in [1.165, 1.54) is 46.1 Å². The number of halogens is 1. The summed E-state index contributed by atoms with van der Waals surface area (Å²) >= 11 is 6.35. The number of hydrogen-bond acceptors (Lipinski definition) is 1. The van der Waals surface area contributed by atoms with Crippen LogP contribution < -0.4 is 15.9 Å². The molecule has 1 nitrogen and oxygen atoms in total. The fraction of sp³-hybridized carbons (Fsp3) is 0.176. The normalized spacial score (nSPS) is 24.5. The van der Waals surface area contributed by atoms with Crippen LogP contribution in [-0.4, -0.2) is 0 Å². The first-order valence-corrected chi connectivity index (χ1v) is 15.8. The van der Waals surface area contributed by atoms with Gasteiger partial charge in [-0.15, -0.1) is 0 Å². The molecule has 7 rings (SSSR count). The molecule has 1 aliphatic heterocycles. The van der Waals surface area contributed by atoms with E-state index in [0.29, 0.717) is 0 Å². The number of rotatable bonds is 4. The Kier molecular flexibility index (Phi) is 5.52. The molecule has 0 spiro atoms. The van der Waals surface area contributed by atoms with Crippen molar-refractivity contribution in [2.45, 2.75) is 31.8 Å². The number of benzene rings is 4. The quantitative estimate of drug-likeness (QED) is 0.246. The second-order valence-electron chi connectivity index (χ2n) is 10.5. The van der Waals surface area contributed by atoms with E-state index in [-0.39, 0.29) is 12.0 Å². The first-order valence-electron chi connectivity index (χ1n) is 13.3. The van der Waals surface area contributed by atoms with Crippen molar-refractivity contribution in [1.82, 2.24) is 0 Å². The van der Waals surface area contributed by atoms with Gasteiger partial charge in [-0.25, -0.2) is 0 Å². The van der Waals surface area contributed by atoms with Crippen LogP contribution in [0.25, 0.3) is 0 Å². The van der Waals surface area contributed by atoms with Gasteiger partial charge < -0.3 is 0 Å². The Balaban J connectivity index is 1.64. The van der Waals surface area contributed by atoms with Crippen molar-refractivity contribution in [2.75, 3.05) is 0 Å². The molecule has 2 atom stereocenters. The fourth-order valence-electron chi connectivity index (χ4n) is 7.12. The van der Waals surface area contributed by atoms with Crippen LogP contribution in [0.15, 0.2) is 138 Å². The molecule has 0 saturated carbocycles. The molecule has 2 aliphatic carbocycles. The van der Waals surface area contributed by atoms with Gasteiger partial charge in [0.25, 0.3) is 0 Å². The predicted octanol–water partition coefficient (Wildman–Crippen LogP) is 8.24. The minimum absolute atomic E-state index is 0.0588. The number of allylic oxidation sites excluding steroid dienone is 3. The number of hydrogen-bond donors (Lipinski definition) is 0. The number of fused-ring (bicyclic) bond motifs is 1. The van der Waals surface area contributed by atoms with E-state index in [1.54, 1.807) is 11.1 Å². The first-order chi connectivity index (χ1) is 18.2.